The van der Waals surface area contributed by atoms with Gasteiger partial charge in [-0.2, -0.15) is 0 Å². The van der Waals surface area contributed by atoms with Gasteiger partial charge >= 0.3 is 5.97 Å². The fourth-order valence-electron chi connectivity index (χ4n) is 3.06. The summed E-state index contributed by atoms with van der Waals surface area (Å²) < 4.78 is 2.17. The molecule has 1 fully saturated rings. The van der Waals surface area contributed by atoms with E-state index in [4.69, 9.17) is 0 Å². The summed E-state index contributed by atoms with van der Waals surface area (Å²) in [5.74, 6) is -0.688. The topological polar surface area (TPSA) is 40.5 Å². The van der Waals surface area contributed by atoms with E-state index >= 15 is 0 Å². The molecule has 0 aliphatic heterocycles. The molecule has 1 aromatic rings. The van der Waals surface area contributed by atoms with Crippen molar-refractivity contribution in [1.29, 1.82) is 0 Å². The number of carbonyl (C=O) groups is 1. The van der Waals surface area contributed by atoms with E-state index < -0.39 is 5.97 Å². The standard InChI is InChI=1S/C14H19Br2NO2S/c1-17(9-10-7-11(15)13(16)20-10)14(8-12(18)19)5-3-2-4-6-14/h7H,2-6,8-9H2,1H3,(H,18,19). The lowest BCUT2D eigenvalue weighted by atomic mass is 9.78. The lowest BCUT2D eigenvalue weighted by molar-refractivity contribution is -0.141. The molecule has 0 amide bonds. The van der Waals surface area contributed by atoms with Crippen LogP contribution in [0.1, 0.15) is 43.4 Å². The lowest BCUT2D eigenvalue weighted by Gasteiger charge is -2.43. The molecular formula is C14H19Br2NO2S. The predicted octanol–water partition coefficient (Wildman–Crippen LogP) is 4.88. The molecule has 112 valence electrons. The number of hydrogen-bond donors (Lipinski definition) is 1. The molecule has 6 heteroatoms. The minimum Gasteiger partial charge on any atom is -0.481 e. The zero-order valence-corrected chi connectivity index (χ0v) is 15.5. The molecule has 1 heterocycles. The van der Waals surface area contributed by atoms with E-state index in [1.807, 2.05) is 0 Å². The van der Waals surface area contributed by atoms with Crippen LogP contribution in [0, 0.1) is 0 Å². The van der Waals surface area contributed by atoms with Crippen molar-refractivity contribution in [1.82, 2.24) is 4.90 Å². The number of nitrogens with zero attached hydrogens (tertiary/aromatic N) is 1. The van der Waals surface area contributed by atoms with E-state index in [1.165, 1.54) is 11.3 Å². The Morgan fingerprint density at radius 2 is 2.05 bits per heavy atom. The number of thiophene rings is 1. The molecule has 20 heavy (non-hydrogen) atoms. The van der Waals surface area contributed by atoms with Gasteiger partial charge in [0.2, 0.25) is 0 Å². The van der Waals surface area contributed by atoms with Crippen LogP contribution in [-0.2, 0) is 11.3 Å². The van der Waals surface area contributed by atoms with E-state index in [1.54, 1.807) is 11.3 Å². The van der Waals surface area contributed by atoms with Crippen molar-refractivity contribution in [2.75, 3.05) is 7.05 Å². The fourth-order valence-corrected chi connectivity index (χ4v) is 5.29. The van der Waals surface area contributed by atoms with Gasteiger partial charge in [0.1, 0.15) is 0 Å². The van der Waals surface area contributed by atoms with Gasteiger partial charge in [-0.25, -0.2) is 0 Å². The van der Waals surface area contributed by atoms with Crippen LogP contribution in [0.3, 0.4) is 0 Å². The average molecular weight is 425 g/mol. The summed E-state index contributed by atoms with van der Waals surface area (Å²) in [5.41, 5.74) is -0.174. The third-order valence-corrected chi connectivity index (χ3v) is 7.40. The van der Waals surface area contributed by atoms with Crippen molar-refractivity contribution in [3.05, 3.63) is 19.2 Å². The molecule has 0 aromatic carbocycles. The Morgan fingerprint density at radius 1 is 1.40 bits per heavy atom. The molecule has 1 aliphatic carbocycles. The molecule has 0 bridgehead atoms. The summed E-state index contributed by atoms with van der Waals surface area (Å²) in [5, 5.41) is 9.26. The first-order chi connectivity index (χ1) is 9.43. The first-order valence-electron chi connectivity index (χ1n) is 6.80. The highest BCUT2D eigenvalue weighted by atomic mass is 79.9. The van der Waals surface area contributed by atoms with Gasteiger partial charge < -0.3 is 5.11 Å². The molecule has 0 saturated heterocycles. The second-order valence-corrected chi connectivity index (χ2v) is 8.85. The Bertz CT molecular complexity index is 464. The molecule has 0 unspecified atom stereocenters. The Balaban J connectivity index is 2.13. The Kier molecular flexibility index (Phi) is 5.68. The normalized spacial score (nSPS) is 18.4. The van der Waals surface area contributed by atoms with Crippen LogP contribution in [0.4, 0.5) is 0 Å². The molecule has 1 aromatic heterocycles. The van der Waals surface area contributed by atoms with Crippen LogP contribution in [-0.4, -0.2) is 28.6 Å². The summed E-state index contributed by atoms with van der Waals surface area (Å²) in [6.45, 7) is 0.808. The quantitative estimate of drug-likeness (QED) is 0.731. The summed E-state index contributed by atoms with van der Waals surface area (Å²) >= 11 is 8.73. The highest BCUT2D eigenvalue weighted by Gasteiger charge is 2.38. The molecule has 0 radical (unpaired) electrons. The first kappa shape index (κ1) is 16.5. The number of carboxylic acid groups (broad SMARTS) is 1. The van der Waals surface area contributed by atoms with Gasteiger partial charge in [-0.05, 0) is 57.8 Å². The van der Waals surface area contributed by atoms with E-state index in [-0.39, 0.29) is 12.0 Å². The average Bonchev–Trinajstić information content (AvgIpc) is 2.68. The number of carboxylic acids is 1. The zero-order chi connectivity index (χ0) is 14.8. The molecular weight excluding hydrogens is 406 g/mol. The van der Waals surface area contributed by atoms with Crippen LogP contribution >= 0.6 is 43.2 Å². The molecule has 0 spiro atoms. The number of aliphatic carboxylic acids is 1. The number of hydrogen-bond acceptors (Lipinski definition) is 3. The Labute approximate surface area is 140 Å². The highest BCUT2D eigenvalue weighted by molar-refractivity contribution is 9.13. The van der Waals surface area contributed by atoms with Crippen LogP contribution in [0.25, 0.3) is 0 Å². The molecule has 1 aliphatic rings. The smallest absolute Gasteiger partial charge is 0.305 e. The van der Waals surface area contributed by atoms with Crippen molar-refractivity contribution < 1.29 is 9.90 Å². The molecule has 1 N–H and O–H groups in total. The van der Waals surface area contributed by atoms with E-state index in [9.17, 15) is 9.90 Å². The van der Waals surface area contributed by atoms with Crippen molar-refractivity contribution in [3.8, 4) is 0 Å². The van der Waals surface area contributed by atoms with Crippen LogP contribution in [0.2, 0.25) is 0 Å². The van der Waals surface area contributed by atoms with E-state index in [0.29, 0.717) is 0 Å². The highest BCUT2D eigenvalue weighted by Crippen LogP contribution is 2.39. The maximum absolute atomic E-state index is 11.2. The van der Waals surface area contributed by atoms with E-state index in [2.05, 4.69) is 49.9 Å². The van der Waals surface area contributed by atoms with Gasteiger partial charge in [-0.15, -0.1) is 11.3 Å². The van der Waals surface area contributed by atoms with Crippen molar-refractivity contribution in [2.24, 2.45) is 0 Å². The minimum absolute atomic E-state index is 0.174. The maximum Gasteiger partial charge on any atom is 0.305 e. The van der Waals surface area contributed by atoms with Gasteiger partial charge in [0.25, 0.3) is 0 Å². The first-order valence-corrected chi connectivity index (χ1v) is 9.20. The maximum atomic E-state index is 11.2. The summed E-state index contributed by atoms with van der Waals surface area (Å²) in [6.07, 6.45) is 5.72. The summed E-state index contributed by atoms with van der Waals surface area (Å²) in [6, 6.07) is 2.11. The summed E-state index contributed by atoms with van der Waals surface area (Å²) in [7, 11) is 2.07. The van der Waals surface area contributed by atoms with Crippen molar-refractivity contribution in [2.45, 2.75) is 50.6 Å². The lowest BCUT2D eigenvalue weighted by Crippen LogP contribution is -2.48. The predicted molar refractivity (Wildman–Crippen MR) is 89.3 cm³/mol. The molecule has 1 saturated carbocycles. The van der Waals surface area contributed by atoms with Crippen molar-refractivity contribution in [3.63, 3.8) is 0 Å². The Morgan fingerprint density at radius 3 is 2.55 bits per heavy atom. The monoisotopic (exact) mass is 423 g/mol. The molecule has 2 rings (SSSR count). The summed E-state index contributed by atoms with van der Waals surface area (Å²) in [4.78, 5) is 14.8. The van der Waals surface area contributed by atoms with Gasteiger partial charge in [-0.1, -0.05) is 19.3 Å². The molecule has 0 atom stereocenters. The van der Waals surface area contributed by atoms with Gasteiger partial charge in [0.15, 0.2) is 0 Å². The van der Waals surface area contributed by atoms with Crippen LogP contribution in [0.5, 0.6) is 0 Å². The van der Waals surface area contributed by atoms with Crippen molar-refractivity contribution >= 4 is 49.2 Å². The zero-order valence-electron chi connectivity index (χ0n) is 11.5. The molecule has 3 nitrogen and oxygen atoms in total. The third kappa shape index (κ3) is 3.84. The van der Waals surface area contributed by atoms with Gasteiger partial charge in [-0.3, -0.25) is 9.69 Å². The van der Waals surface area contributed by atoms with Gasteiger partial charge in [0.05, 0.1) is 10.2 Å². The minimum atomic E-state index is -0.688. The number of halogens is 2. The number of rotatable bonds is 5. The van der Waals surface area contributed by atoms with Gasteiger partial charge in [0, 0.05) is 21.4 Å². The second-order valence-electron chi connectivity index (χ2n) is 5.55. The third-order valence-electron chi connectivity index (χ3n) is 4.16. The van der Waals surface area contributed by atoms with Crippen LogP contribution in [0.15, 0.2) is 14.3 Å². The second kappa shape index (κ2) is 6.90. The Hall–Kier alpha value is 0.0900. The fraction of sp³-hybridized carbons (Fsp3) is 0.643. The largest absolute Gasteiger partial charge is 0.481 e. The van der Waals surface area contributed by atoms with Crippen LogP contribution < -0.4 is 0 Å². The van der Waals surface area contributed by atoms with E-state index in [0.717, 1.165) is 40.5 Å². The SMILES string of the molecule is CN(Cc1cc(Br)c(Br)s1)C1(CC(=O)O)CCCCC1.